The Hall–Kier alpha value is -3.80. The molecule has 4 rings (SSSR count). The predicted octanol–water partition coefficient (Wildman–Crippen LogP) is 5.09. The van der Waals surface area contributed by atoms with Crippen LogP contribution < -0.4 is 15.6 Å². The molecule has 164 valence electrons. The van der Waals surface area contributed by atoms with E-state index in [1.54, 1.807) is 32.6 Å². The summed E-state index contributed by atoms with van der Waals surface area (Å²) in [5, 5.41) is 3.77. The van der Waals surface area contributed by atoms with Gasteiger partial charge in [-0.1, -0.05) is 45.0 Å². The Morgan fingerprint density at radius 3 is 2.41 bits per heavy atom. The Kier molecular flexibility index (Phi) is 5.38. The Morgan fingerprint density at radius 1 is 1.03 bits per heavy atom. The average Bonchev–Trinajstić information content (AvgIpc) is 3.26. The van der Waals surface area contributed by atoms with Crippen molar-refractivity contribution in [2.45, 2.75) is 26.2 Å². The Bertz CT molecular complexity index is 1360. The van der Waals surface area contributed by atoms with Crippen molar-refractivity contribution < 1.29 is 9.53 Å². The summed E-state index contributed by atoms with van der Waals surface area (Å²) in [6.45, 7) is 6.41. The van der Waals surface area contributed by atoms with Crippen LogP contribution in [0.5, 0.6) is 5.75 Å². The molecule has 2 aromatic heterocycles. The summed E-state index contributed by atoms with van der Waals surface area (Å²) < 4.78 is 7.25. The van der Waals surface area contributed by atoms with E-state index in [4.69, 9.17) is 4.74 Å². The summed E-state index contributed by atoms with van der Waals surface area (Å²) in [6, 6.07) is 15.1. The van der Waals surface area contributed by atoms with Gasteiger partial charge in [0.15, 0.2) is 0 Å². The number of anilines is 1. The highest BCUT2D eigenvalue weighted by atomic mass is 16.5. The zero-order valence-electron chi connectivity index (χ0n) is 18.9. The second kappa shape index (κ2) is 8.04. The molecule has 0 aliphatic carbocycles. The number of aromatic amines is 1. The number of fused-ring (bicyclic) bond motifs is 1. The van der Waals surface area contributed by atoms with Gasteiger partial charge in [0, 0.05) is 41.5 Å². The molecule has 2 aromatic carbocycles. The molecular formula is C26H27N3O3. The highest BCUT2D eigenvalue weighted by Crippen LogP contribution is 2.39. The Morgan fingerprint density at radius 2 is 1.75 bits per heavy atom. The van der Waals surface area contributed by atoms with Gasteiger partial charge in [0.05, 0.1) is 12.8 Å². The van der Waals surface area contributed by atoms with Gasteiger partial charge < -0.3 is 19.6 Å². The van der Waals surface area contributed by atoms with E-state index < -0.39 is 0 Å². The van der Waals surface area contributed by atoms with Crippen LogP contribution in [0.4, 0.5) is 5.69 Å². The number of carbonyl (C=O) groups excluding carboxylic acids is 1. The van der Waals surface area contributed by atoms with Crippen LogP contribution in [0.15, 0.2) is 65.7 Å². The van der Waals surface area contributed by atoms with Crippen molar-refractivity contribution in [2.75, 3.05) is 12.4 Å². The monoisotopic (exact) mass is 429 g/mol. The Balaban J connectivity index is 1.73. The van der Waals surface area contributed by atoms with Crippen molar-refractivity contribution in [3.63, 3.8) is 0 Å². The third-order valence-electron chi connectivity index (χ3n) is 5.66. The fourth-order valence-electron chi connectivity index (χ4n) is 3.87. The third kappa shape index (κ3) is 3.80. The highest BCUT2D eigenvalue weighted by Gasteiger charge is 2.19. The maximum Gasteiger partial charge on any atom is 0.274 e. The van der Waals surface area contributed by atoms with Gasteiger partial charge in [0.2, 0.25) is 0 Å². The summed E-state index contributed by atoms with van der Waals surface area (Å²) in [4.78, 5) is 28.4. The lowest BCUT2D eigenvalue weighted by molar-refractivity contribution is 0.102. The standard InChI is InChI=1S/C26H27N3O3/c1-26(2,3)17-11-9-16(10-12-17)24(30)28-21-8-6-7-19(23(21)32-5)20-15-29(4)25(31)22-18(20)13-14-27-22/h6-15,27H,1-5H3,(H,28,30). The first-order valence-corrected chi connectivity index (χ1v) is 10.5. The van der Waals surface area contributed by atoms with Crippen molar-refractivity contribution in [1.82, 2.24) is 9.55 Å². The summed E-state index contributed by atoms with van der Waals surface area (Å²) in [7, 11) is 3.29. The third-order valence-corrected chi connectivity index (χ3v) is 5.66. The SMILES string of the molecule is COc1c(NC(=O)c2ccc(C(C)(C)C)cc2)cccc1-c1cn(C)c(=O)c2[nH]ccc12. The topological polar surface area (TPSA) is 76.1 Å². The molecule has 2 heterocycles. The maximum absolute atomic E-state index is 12.9. The van der Waals surface area contributed by atoms with E-state index in [2.05, 4.69) is 31.1 Å². The smallest absolute Gasteiger partial charge is 0.274 e. The fourth-order valence-corrected chi connectivity index (χ4v) is 3.87. The molecule has 4 aromatic rings. The number of rotatable bonds is 4. The molecule has 2 N–H and O–H groups in total. The lowest BCUT2D eigenvalue weighted by atomic mass is 9.86. The number of nitrogens with zero attached hydrogens (tertiary/aromatic N) is 1. The summed E-state index contributed by atoms with van der Waals surface area (Å²) in [5.41, 5.74) is 4.37. The molecule has 0 atom stereocenters. The van der Waals surface area contributed by atoms with Gasteiger partial charge in [-0.2, -0.15) is 0 Å². The van der Waals surface area contributed by atoms with Gasteiger partial charge in [0.1, 0.15) is 11.3 Å². The van der Waals surface area contributed by atoms with Crippen molar-refractivity contribution in [1.29, 1.82) is 0 Å². The number of pyridine rings is 1. The zero-order chi connectivity index (χ0) is 23.0. The number of hydrogen-bond acceptors (Lipinski definition) is 3. The number of ether oxygens (including phenoxy) is 1. The molecule has 0 aliphatic rings. The van der Waals surface area contributed by atoms with Crippen LogP contribution in [0.25, 0.3) is 22.0 Å². The van der Waals surface area contributed by atoms with Gasteiger partial charge in [-0.3, -0.25) is 9.59 Å². The number of amides is 1. The molecule has 0 fully saturated rings. The van der Waals surface area contributed by atoms with E-state index in [1.165, 1.54) is 10.1 Å². The van der Waals surface area contributed by atoms with E-state index in [1.807, 2.05) is 42.5 Å². The van der Waals surface area contributed by atoms with Crippen LogP contribution >= 0.6 is 0 Å². The number of aryl methyl sites for hydroxylation is 1. The van der Waals surface area contributed by atoms with E-state index >= 15 is 0 Å². The number of methoxy groups -OCH3 is 1. The van der Waals surface area contributed by atoms with E-state index in [9.17, 15) is 9.59 Å². The molecular weight excluding hydrogens is 402 g/mol. The average molecular weight is 430 g/mol. The lowest BCUT2D eigenvalue weighted by Crippen LogP contribution is -2.17. The van der Waals surface area contributed by atoms with Crippen LogP contribution in [0, 0.1) is 0 Å². The molecule has 6 nitrogen and oxygen atoms in total. The molecule has 0 radical (unpaired) electrons. The molecule has 0 saturated carbocycles. The van der Waals surface area contributed by atoms with Gasteiger partial charge >= 0.3 is 0 Å². The highest BCUT2D eigenvalue weighted by molar-refractivity contribution is 6.06. The zero-order valence-corrected chi connectivity index (χ0v) is 18.9. The van der Waals surface area contributed by atoms with Crippen LogP contribution in [0.1, 0.15) is 36.7 Å². The largest absolute Gasteiger partial charge is 0.494 e. The number of benzene rings is 2. The first kappa shape index (κ1) is 21.4. The minimum atomic E-state index is -0.215. The van der Waals surface area contributed by atoms with Crippen LogP contribution in [0.2, 0.25) is 0 Å². The summed E-state index contributed by atoms with van der Waals surface area (Å²) in [5.74, 6) is 0.321. The summed E-state index contributed by atoms with van der Waals surface area (Å²) >= 11 is 0. The Labute approximate surface area is 186 Å². The number of H-pyrrole nitrogens is 1. The first-order valence-electron chi connectivity index (χ1n) is 10.5. The van der Waals surface area contributed by atoms with Crippen LogP contribution in [0.3, 0.4) is 0 Å². The minimum Gasteiger partial charge on any atom is -0.494 e. The van der Waals surface area contributed by atoms with Gasteiger partial charge in [0.25, 0.3) is 11.5 Å². The van der Waals surface area contributed by atoms with Gasteiger partial charge in [-0.25, -0.2) is 0 Å². The van der Waals surface area contributed by atoms with E-state index in [0.29, 0.717) is 22.5 Å². The van der Waals surface area contributed by atoms with E-state index in [0.717, 1.165) is 16.5 Å². The molecule has 1 amide bonds. The molecule has 0 saturated heterocycles. The van der Waals surface area contributed by atoms with Crippen molar-refractivity contribution in [2.24, 2.45) is 7.05 Å². The quantitative estimate of drug-likeness (QED) is 0.474. The lowest BCUT2D eigenvalue weighted by Gasteiger charge is -2.19. The van der Waals surface area contributed by atoms with Crippen LogP contribution in [-0.4, -0.2) is 22.6 Å². The maximum atomic E-state index is 12.9. The van der Waals surface area contributed by atoms with Crippen molar-refractivity contribution in [3.05, 3.63) is 82.4 Å². The normalized spacial score (nSPS) is 11.5. The molecule has 0 unspecified atom stereocenters. The van der Waals surface area contributed by atoms with Gasteiger partial charge in [-0.05, 0) is 35.2 Å². The van der Waals surface area contributed by atoms with Crippen molar-refractivity contribution >= 4 is 22.5 Å². The fraction of sp³-hybridized carbons (Fsp3) is 0.231. The summed E-state index contributed by atoms with van der Waals surface area (Å²) in [6.07, 6.45) is 3.53. The second-order valence-corrected chi connectivity index (χ2v) is 8.89. The predicted molar refractivity (Wildman–Crippen MR) is 129 cm³/mol. The molecule has 0 bridgehead atoms. The first-order chi connectivity index (χ1) is 15.2. The minimum absolute atomic E-state index is 0.0197. The number of carbonyl (C=O) groups is 1. The number of aromatic nitrogens is 2. The second-order valence-electron chi connectivity index (χ2n) is 8.89. The number of hydrogen-bond donors (Lipinski definition) is 2. The molecule has 6 heteroatoms. The molecule has 0 aliphatic heterocycles. The van der Waals surface area contributed by atoms with Crippen molar-refractivity contribution in [3.8, 4) is 16.9 Å². The van der Waals surface area contributed by atoms with E-state index in [-0.39, 0.29) is 16.9 Å². The number of para-hydroxylation sites is 1. The number of nitrogens with one attached hydrogen (secondary N) is 2. The van der Waals surface area contributed by atoms with Gasteiger partial charge in [-0.15, -0.1) is 0 Å². The molecule has 0 spiro atoms. The molecule has 32 heavy (non-hydrogen) atoms. The van der Waals surface area contributed by atoms with Crippen LogP contribution in [-0.2, 0) is 12.5 Å².